The van der Waals surface area contributed by atoms with Gasteiger partial charge in [0.15, 0.2) is 5.96 Å². The SMILES string of the molecule is CCNC(=NCc1ncc(CC)s1)NC1CC(C)N(Cc2ccccc2)C1. The molecule has 1 saturated heterocycles. The lowest BCUT2D eigenvalue weighted by molar-refractivity contribution is 0.258. The van der Waals surface area contributed by atoms with Crippen LogP contribution in [0.1, 0.15) is 42.6 Å². The quantitative estimate of drug-likeness (QED) is 0.566. The van der Waals surface area contributed by atoms with Crippen LogP contribution in [0.5, 0.6) is 0 Å². The average molecular weight is 386 g/mol. The van der Waals surface area contributed by atoms with Gasteiger partial charge in [-0.15, -0.1) is 11.3 Å². The number of likely N-dealkylation sites (tertiary alicyclic amines) is 1. The predicted octanol–water partition coefficient (Wildman–Crippen LogP) is 3.42. The molecular formula is C21H31N5S. The van der Waals surface area contributed by atoms with E-state index in [1.807, 2.05) is 6.20 Å². The monoisotopic (exact) mass is 385 g/mol. The zero-order valence-electron chi connectivity index (χ0n) is 16.6. The van der Waals surface area contributed by atoms with E-state index >= 15 is 0 Å². The first-order valence-corrected chi connectivity index (χ1v) is 10.8. The number of nitrogens with zero attached hydrogens (tertiary/aromatic N) is 3. The van der Waals surface area contributed by atoms with E-state index in [2.05, 4.69) is 71.6 Å². The predicted molar refractivity (Wildman–Crippen MR) is 114 cm³/mol. The van der Waals surface area contributed by atoms with Crippen LogP contribution in [0, 0.1) is 0 Å². The highest BCUT2D eigenvalue weighted by atomic mass is 32.1. The van der Waals surface area contributed by atoms with E-state index in [1.54, 1.807) is 11.3 Å². The maximum absolute atomic E-state index is 4.75. The molecule has 2 N–H and O–H groups in total. The van der Waals surface area contributed by atoms with Crippen LogP contribution in [0.15, 0.2) is 41.5 Å². The maximum Gasteiger partial charge on any atom is 0.191 e. The number of aromatic nitrogens is 1. The van der Waals surface area contributed by atoms with Crippen LogP contribution in [0.4, 0.5) is 0 Å². The molecule has 0 amide bonds. The summed E-state index contributed by atoms with van der Waals surface area (Å²) in [6.45, 7) is 10.1. The summed E-state index contributed by atoms with van der Waals surface area (Å²) in [4.78, 5) is 13.1. The lowest BCUT2D eigenvalue weighted by Crippen LogP contribution is -2.44. The Hall–Kier alpha value is -1.92. The molecular weight excluding hydrogens is 354 g/mol. The maximum atomic E-state index is 4.75. The molecule has 0 spiro atoms. The highest BCUT2D eigenvalue weighted by Crippen LogP contribution is 2.20. The van der Waals surface area contributed by atoms with Gasteiger partial charge in [0.25, 0.3) is 0 Å². The van der Waals surface area contributed by atoms with Crippen LogP contribution in [0.3, 0.4) is 0 Å². The van der Waals surface area contributed by atoms with E-state index in [4.69, 9.17) is 4.99 Å². The molecule has 1 aromatic heterocycles. The molecule has 1 aliphatic rings. The van der Waals surface area contributed by atoms with Gasteiger partial charge in [-0.2, -0.15) is 0 Å². The average Bonchev–Trinajstić information content (AvgIpc) is 3.27. The van der Waals surface area contributed by atoms with Crippen molar-refractivity contribution in [1.82, 2.24) is 20.5 Å². The molecule has 27 heavy (non-hydrogen) atoms. The second kappa shape index (κ2) is 9.85. The molecule has 0 saturated carbocycles. The molecule has 3 rings (SSSR count). The summed E-state index contributed by atoms with van der Waals surface area (Å²) in [6.07, 6.45) is 4.14. The lowest BCUT2D eigenvalue weighted by atomic mass is 10.2. The Morgan fingerprint density at radius 3 is 2.81 bits per heavy atom. The van der Waals surface area contributed by atoms with Gasteiger partial charge in [0.05, 0.1) is 6.54 Å². The van der Waals surface area contributed by atoms with Gasteiger partial charge in [0.1, 0.15) is 5.01 Å². The van der Waals surface area contributed by atoms with Crippen molar-refractivity contribution in [2.75, 3.05) is 13.1 Å². The zero-order chi connectivity index (χ0) is 19.1. The molecule has 5 nitrogen and oxygen atoms in total. The summed E-state index contributed by atoms with van der Waals surface area (Å²) in [7, 11) is 0. The third-order valence-corrected chi connectivity index (χ3v) is 6.07. The Kier molecular flexibility index (Phi) is 7.24. The molecule has 0 aliphatic carbocycles. The largest absolute Gasteiger partial charge is 0.357 e. The molecule has 2 aromatic rings. The van der Waals surface area contributed by atoms with Gasteiger partial charge in [-0.3, -0.25) is 4.90 Å². The van der Waals surface area contributed by atoms with Crippen LogP contribution >= 0.6 is 11.3 Å². The third kappa shape index (κ3) is 5.78. The molecule has 2 unspecified atom stereocenters. The summed E-state index contributed by atoms with van der Waals surface area (Å²) in [5.41, 5.74) is 1.38. The molecule has 2 heterocycles. The van der Waals surface area contributed by atoms with Crippen molar-refractivity contribution in [3.05, 3.63) is 52.0 Å². The minimum atomic E-state index is 0.420. The fraction of sp³-hybridized carbons (Fsp3) is 0.524. The molecule has 146 valence electrons. The Morgan fingerprint density at radius 1 is 1.30 bits per heavy atom. The number of nitrogens with one attached hydrogen (secondary N) is 2. The van der Waals surface area contributed by atoms with E-state index in [9.17, 15) is 0 Å². The second-order valence-corrected chi connectivity index (χ2v) is 8.31. The van der Waals surface area contributed by atoms with Crippen molar-refractivity contribution in [3.63, 3.8) is 0 Å². The fourth-order valence-electron chi connectivity index (χ4n) is 3.49. The van der Waals surface area contributed by atoms with Crippen molar-refractivity contribution in [1.29, 1.82) is 0 Å². The number of hydrogen-bond acceptors (Lipinski definition) is 4. The van der Waals surface area contributed by atoms with Gasteiger partial charge in [0, 0.05) is 42.8 Å². The smallest absolute Gasteiger partial charge is 0.191 e. The van der Waals surface area contributed by atoms with E-state index in [0.29, 0.717) is 18.6 Å². The minimum Gasteiger partial charge on any atom is -0.357 e. The highest BCUT2D eigenvalue weighted by molar-refractivity contribution is 7.11. The minimum absolute atomic E-state index is 0.420. The summed E-state index contributed by atoms with van der Waals surface area (Å²) >= 11 is 1.76. The molecule has 0 radical (unpaired) electrons. The van der Waals surface area contributed by atoms with Gasteiger partial charge in [-0.05, 0) is 32.3 Å². The van der Waals surface area contributed by atoms with Gasteiger partial charge < -0.3 is 10.6 Å². The summed E-state index contributed by atoms with van der Waals surface area (Å²) in [5, 5.41) is 8.08. The molecule has 0 bridgehead atoms. The van der Waals surface area contributed by atoms with Crippen molar-refractivity contribution in [2.24, 2.45) is 4.99 Å². The van der Waals surface area contributed by atoms with Crippen LogP contribution in [-0.2, 0) is 19.5 Å². The van der Waals surface area contributed by atoms with Crippen LogP contribution in [-0.4, -0.2) is 41.0 Å². The Labute approximate surface area is 166 Å². The van der Waals surface area contributed by atoms with E-state index in [-0.39, 0.29) is 0 Å². The molecule has 1 aliphatic heterocycles. The second-order valence-electron chi connectivity index (χ2n) is 7.11. The molecule has 2 atom stereocenters. The molecule has 1 aromatic carbocycles. The first-order valence-electron chi connectivity index (χ1n) is 9.94. The summed E-state index contributed by atoms with van der Waals surface area (Å²) in [5.74, 6) is 0.893. The Bertz CT molecular complexity index is 727. The number of guanidine groups is 1. The van der Waals surface area contributed by atoms with E-state index in [0.717, 1.165) is 43.4 Å². The van der Waals surface area contributed by atoms with Crippen molar-refractivity contribution in [3.8, 4) is 0 Å². The number of hydrogen-bond donors (Lipinski definition) is 2. The zero-order valence-corrected chi connectivity index (χ0v) is 17.4. The van der Waals surface area contributed by atoms with Crippen LogP contribution in [0.25, 0.3) is 0 Å². The highest BCUT2D eigenvalue weighted by Gasteiger charge is 2.29. The van der Waals surface area contributed by atoms with E-state index in [1.165, 1.54) is 10.4 Å². The number of aryl methyl sites for hydroxylation is 1. The van der Waals surface area contributed by atoms with Crippen LogP contribution in [0.2, 0.25) is 0 Å². The van der Waals surface area contributed by atoms with Crippen molar-refractivity contribution < 1.29 is 0 Å². The van der Waals surface area contributed by atoms with Gasteiger partial charge >= 0.3 is 0 Å². The van der Waals surface area contributed by atoms with Gasteiger partial charge in [0.2, 0.25) is 0 Å². The van der Waals surface area contributed by atoms with E-state index < -0.39 is 0 Å². The van der Waals surface area contributed by atoms with Gasteiger partial charge in [-0.1, -0.05) is 37.3 Å². The Morgan fingerprint density at radius 2 is 2.11 bits per heavy atom. The topological polar surface area (TPSA) is 52.6 Å². The fourth-order valence-corrected chi connectivity index (χ4v) is 4.27. The van der Waals surface area contributed by atoms with Crippen molar-refractivity contribution in [2.45, 2.75) is 58.8 Å². The number of benzene rings is 1. The first kappa shape index (κ1) is 19.8. The Balaban J connectivity index is 1.56. The van der Waals surface area contributed by atoms with Gasteiger partial charge in [-0.25, -0.2) is 9.98 Å². The lowest BCUT2D eigenvalue weighted by Gasteiger charge is -2.21. The summed E-state index contributed by atoms with van der Waals surface area (Å²) < 4.78 is 0. The number of thiazole rings is 1. The number of rotatable bonds is 7. The molecule has 1 fully saturated rings. The van der Waals surface area contributed by atoms with Crippen LogP contribution < -0.4 is 10.6 Å². The first-order chi connectivity index (χ1) is 13.2. The number of aliphatic imine (C=N–C) groups is 1. The molecule has 6 heteroatoms. The standard InChI is InChI=1S/C21H31N5S/c1-4-19-12-23-20(27-19)13-24-21(22-5-2)25-18-11-16(3)26(15-18)14-17-9-7-6-8-10-17/h6-10,12,16,18H,4-5,11,13-15H2,1-3H3,(H2,22,24,25). The van der Waals surface area contributed by atoms with Crippen molar-refractivity contribution >= 4 is 17.3 Å². The summed E-state index contributed by atoms with van der Waals surface area (Å²) in [6, 6.07) is 11.7. The normalized spacial score (nSPS) is 20.8. The third-order valence-electron chi connectivity index (χ3n) is 4.94.